The Morgan fingerprint density at radius 3 is 1.98 bits per heavy atom. The normalized spacial score (nSPS) is 39.3. The van der Waals surface area contributed by atoms with Crippen molar-refractivity contribution in [1.82, 2.24) is 0 Å². The Morgan fingerprint density at radius 2 is 1.35 bits per heavy atom. The van der Waals surface area contributed by atoms with Crippen molar-refractivity contribution < 1.29 is 19.4 Å². The van der Waals surface area contributed by atoms with Crippen LogP contribution in [0, 0.1) is 56.7 Å². The van der Waals surface area contributed by atoms with Gasteiger partial charge in [-0.1, -0.05) is 117 Å². The third-order valence-electron chi connectivity index (χ3n) is 17.3. The van der Waals surface area contributed by atoms with E-state index in [9.17, 15) is 14.7 Å². The van der Waals surface area contributed by atoms with Gasteiger partial charge in [0.25, 0.3) is 0 Å². The van der Waals surface area contributed by atoms with Crippen LogP contribution in [0.2, 0.25) is 0 Å². The molecule has 0 aromatic heterocycles. The molecule has 5 fully saturated rings. The monoisotopic (exact) mass is 721 g/mol. The van der Waals surface area contributed by atoms with Gasteiger partial charge in [0.2, 0.25) is 0 Å². The van der Waals surface area contributed by atoms with E-state index in [1.807, 2.05) is 0 Å². The van der Waals surface area contributed by atoms with Crippen molar-refractivity contribution >= 4 is 11.9 Å². The maximum Gasteiger partial charge on any atom is 0.309 e. The van der Waals surface area contributed by atoms with Crippen molar-refractivity contribution in [2.24, 2.45) is 56.7 Å². The maximum atomic E-state index is 13.2. The van der Waals surface area contributed by atoms with Gasteiger partial charge < -0.3 is 9.84 Å². The van der Waals surface area contributed by atoms with Crippen molar-refractivity contribution in [3.63, 3.8) is 0 Å². The van der Waals surface area contributed by atoms with Crippen LogP contribution in [0.5, 0.6) is 0 Å². The van der Waals surface area contributed by atoms with E-state index in [2.05, 4.69) is 67.2 Å². The number of fused-ring (bicyclic) bond motifs is 7. The second-order valence-electron chi connectivity index (χ2n) is 20.3. The number of rotatable bonds is 18. The van der Waals surface area contributed by atoms with Crippen molar-refractivity contribution in [1.29, 1.82) is 0 Å². The van der Waals surface area contributed by atoms with Gasteiger partial charge in [0.05, 0.1) is 5.41 Å². The SMILES string of the molecule is C=C(C)[C@@H]1CC[C@]2(C(=O)O)CC[C@]3(C)[C@H](CC[C@@H]4[C@@]5(C)CC[C@H](OC(=O)CCCCCCC/C=C\CCCCCCCC)C(C)(C)[C@@H]5CC[C@]43C)[C@@H]12. The summed E-state index contributed by atoms with van der Waals surface area (Å²) in [5, 5.41) is 10.7. The van der Waals surface area contributed by atoms with Crippen LogP contribution in [-0.2, 0) is 14.3 Å². The molecule has 5 saturated carbocycles. The van der Waals surface area contributed by atoms with Crippen molar-refractivity contribution in [3.05, 3.63) is 24.3 Å². The number of aliphatic carboxylic acids is 1. The molecule has 0 aliphatic heterocycles. The van der Waals surface area contributed by atoms with Gasteiger partial charge in [0.15, 0.2) is 0 Å². The molecule has 0 spiro atoms. The number of carbonyl (C=O) groups is 2. The number of esters is 1. The molecule has 0 saturated heterocycles. The Bertz CT molecular complexity index is 1260. The minimum Gasteiger partial charge on any atom is -0.481 e. The van der Waals surface area contributed by atoms with Gasteiger partial charge in [-0.15, -0.1) is 0 Å². The van der Waals surface area contributed by atoms with Gasteiger partial charge in [-0.25, -0.2) is 0 Å². The first-order chi connectivity index (χ1) is 24.7. The minimum absolute atomic E-state index is 0.00170. The third-order valence-corrected chi connectivity index (χ3v) is 17.3. The Balaban J connectivity index is 1.10. The van der Waals surface area contributed by atoms with Crippen LogP contribution in [0.4, 0.5) is 0 Å². The summed E-state index contributed by atoms with van der Waals surface area (Å²) in [7, 11) is 0. The summed E-state index contributed by atoms with van der Waals surface area (Å²) in [6.07, 6.45) is 32.2. The standard InChI is InChI=1S/C48H80O4/c1-9-10-11-12-13-14-15-16-17-18-19-20-21-22-23-24-41(49)52-40-29-30-45(6)38(44(40,4)5)28-31-47(8)39(45)26-25-37-42-36(35(2)3)27-32-48(42,43(50)51)34-33-46(37,47)7/h16-17,36-40,42H,2,9-15,18-34H2,1,3-8H3,(H,50,51)/b17-16-/t36-,37+,38-,39+,40-,42+,45-,46+,47+,48-/m0/s1. The summed E-state index contributed by atoms with van der Waals surface area (Å²) < 4.78 is 6.39. The quantitative estimate of drug-likeness (QED) is 0.0870. The number of ether oxygens (including phenoxy) is 1. The van der Waals surface area contributed by atoms with Crippen LogP contribution in [0.3, 0.4) is 0 Å². The topological polar surface area (TPSA) is 63.6 Å². The molecular formula is C48H80O4. The first-order valence-corrected chi connectivity index (χ1v) is 22.4. The summed E-state index contributed by atoms with van der Waals surface area (Å²) in [6, 6.07) is 0. The second kappa shape index (κ2) is 17.1. The lowest BCUT2D eigenvalue weighted by Gasteiger charge is -2.72. The molecule has 296 valence electrons. The highest BCUT2D eigenvalue weighted by atomic mass is 16.5. The van der Waals surface area contributed by atoms with Crippen molar-refractivity contribution in [2.45, 2.75) is 209 Å². The second-order valence-corrected chi connectivity index (χ2v) is 20.3. The molecule has 0 unspecified atom stereocenters. The summed E-state index contributed by atoms with van der Waals surface area (Å²) in [5.41, 5.74) is 1.13. The van der Waals surface area contributed by atoms with Gasteiger partial charge in [-0.3, -0.25) is 9.59 Å². The molecular weight excluding hydrogens is 641 g/mol. The van der Waals surface area contributed by atoms with Gasteiger partial charge >= 0.3 is 11.9 Å². The zero-order valence-electron chi connectivity index (χ0n) is 35.0. The van der Waals surface area contributed by atoms with Gasteiger partial charge in [0, 0.05) is 11.8 Å². The van der Waals surface area contributed by atoms with E-state index in [1.165, 1.54) is 95.5 Å². The van der Waals surface area contributed by atoms with E-state index in [0.29, 0.717) is 30.1 Å². The highest BCUT2D eigenvalue weighted by Gasteiger charge is 2.72. The lowest BCUT2D eigenvalue weighted by molar-refractivity contribution is -0.250. The molecule has 1 N–H and O–H groups in total. The lowest BCUT2D eigenvalue weighted by atomic mass is 9.32. The summed E-state index contributed by atoms with van der Waals surface area (Å²) >= 11 is 0. The Labute approximate surface area is 320 Å². The smallest absolute Gasteiger partial charge is 0.309 e. The summed E-state index contributed by atoms with van der Waals surface area (Å²) in [4.78, 5) is 26.2. The molecule has 0 heterocycles. The van der Waals surface area contributed by atoms with E-state index in [4.69, 9.17) is 4.74 Å². The molecule has 4 nitrogen and oxygen atoms in total. The Hall–Kier alpha value is -1.58. The molecule has 0 bridgehead atoms. The predicted octanol–water partition coefficient (Wildman–Crippen LogP) is 13.7. The number of carboxylic acids is 1. The Kier molecular flexibility index (Phi) is 13.6. The van der Waals surface area contributed by atoms with Crippen LogP contribution >= 0.6 is 0 Å². The lowest BCUT2D eigenvalue weighted by Crippen LogP contribution is -2.67. The molecule has 10 atom stereocenters. The van der Waals surface area contributed by atoms with Crippen LogP contribution in [0.15, 0.2) is 24.3 Å². The molecule has 0 aromatic carbocycles. The van der Waals surface area contributed by atoms with Crippen LogP contribution in [0.1, 0.15) is 203 Å². The van der Waals surface area contributed by atoms with Crippen LogP contribution in [-0.4, -0.2) is 23.1 Å². The molecule has 5 aliphatic rings. The summed E-state index contributed by atoms with van der Waals surface area (Å²) in [6.45, 7) is 21.5. The van der Waals surface area contributed by atoms with Crippen molar-refractivity contribution in [2.75, 3.05) is 0 Å². The fraction of sp³-hybridized carbons (Fsp3) is 0.875. The van der Waals surface area contributed by atoms with Crippen LogP contribution in [0.25, 0.3) is 0 Å². The summed E-state index contributed by atoms with van der Waals surface area (Å²) in [5.74, 6) is 1.62. The molecule has 4 heteroatoms. The number of unbranched alkanes of at least 4 members (excludes halogenated alkanes) is 11. The first kappa shape index (κ1) is 41.6. The average Bonchev–Trinajstić information content (AvgIpc) is 3.50. The highest BCUT2D eigenvalue weighted by molar-refractivity contribution is 5.76. The van der Waals surface area contributed by atoms with E-state index in [1.54, 1.807) is 0 Å². The predicted molar refractivity (Wildman–Crippen MR) is 216 cm³/mol. The number of carbonyl (C=O) groups excluding carboxylic acids is 1. The first-order valence-electron chi connectivity index (χ1n) is 22.4. The average molecular weight is 721 g/mol. The van der Waals surface area contributed by atoms with E-state index < -0.39 is 11.4 Å². The molecule has 52 heavy (non-hydrogen) atoms. The zero-order valence-corrected chi connectivity index (χ0v) is 35.0. The third kappa shape index (κ3) is 7.76. The zero-order chi connectivity index (χ0) is 37.8. The minimum atomic E-state index is -0.563. The van der Waals surface area contributed by atoms with Gasteiger partial charge in [-0.05, 0) is 149 Å². The molecule has 5 aliphatic carbocycles. The molecule has 0 amide bonds. The largest absolute Gasteiger partial charge is 0.481 e. The molecule has 0 aromatic rings. The fourth-order valence-electron chi connectivity index (χ4n) is 14.3. The number of allylic oxidation sites excluding steroid dienone is 3. The molecule has 0 radical (unpaired) electrons. The number of hydrogen-bond acceptors (Lipinski definition) is 3. The van der Waals surface area contributed by atoms with Gasteiger partial charge in [-0.2, -0.15) is 0 Å². The van der Waals surface area contributed by atoms with E-state index in [-0.39, 0.29) is 39.7 Å². The van der Waals surface area contributed by atoms with Gasteiger partial charge in [0.1, 0.15) is 6.10 Å². The van der Waals surface area contributed by atoms with Crippen LogP contribution < -0.4 is 0 Å². The number of carboxylic acid groups (broad SMARTS) is 1. The maximum absolute atomic E-state index is 13.2. The fourth-order valence-corrected chi connectivity index (χ4v) is 14.3. The number of hydrogen-bond donors (Lipinski definition) is 1. The highest BCUT2D eigenvalue weighted by Crippen LogP contribution is 2.77. The van der Waals surface area contributed by atoms with E-state index in [0.717, 1.165) is 57.8 Å². The Morgan fingerprint density at radius 1 is 0.712 bits per heavy atom. The van der Waals surface area contributed by atoms with Crippen molar-refractivity contribution in [3.8, 4) is 0 Å². The van der Waals surface area contributed by atoms with E-state index >= 15 is 0 Å². The molecule has 5 rings (SSSR count).